The Kier molecular flexibility index (Phi) is 5.46. The van der Waals surface area contributed by atoms with E-state index in [1.165, 1.54) is 42.2 Å². The Morgan fingerprint density at radius 1 is 1.15 bits per heavy atom. The molecule has 4 aromatic rings. The number of carbonyl (C=O) groups is 1. The Balaban J connectivity index is 1.98. The molecular weight excluding hydrogens is 453 g/mol. The molecule has 0 amide bonds. The average molecular weight is 466 g/mol. The molecule has 0 bridgehead atoms. The van der Waals surface area contributed by atoms with Gasteiger partial charge in [0.15, 0.2) is 0 Å². The van der Waals surface area contributed by atoms with Crippen LogP contribution < -0.4 is 5.56 Å². The lowest BCUT2D eigenvalue weighted by Gasteiger charge is -2.17. The second kappa shape index (κ2) is 8.28. The van der Waals surface area contributed by atoms with Gasteiger partial charge in [-0.25, -0.2) is 19.4 Å². The highest BCUT2D eigenvalue weighted by Crippen LogP contribution is 2.31. The molecule has 0 spiro atoms. The molecule has 170 valence electrons. The summed E-state index contributed by atoms with van der Waals surface area (Å²) in [6.07, 6.45) is -1.90. The Bertz CT molecular complexity index is 1510. The predicted molar refractivity (Wildman–Crippen MR) is 112 cm³/mol. The molecule has 0 aliphatic heterocycles. The molecular formula is C22H13F3N6O3. The Hall–Kier alpha value is -4.79. The van der Waals surface area contributed by atoms with Crippen molar-refractivity contribution in [3.63, 3.8) is 0 Å². The fourth-order valence-corrected chi connectivity index (χ4v) is 3.38. The standard InChI is InChI=1S/C22H13F3N6O3/c1-12-18(17-7-8-28-31(17)16-6-5-14(10-26)27-11-16)29-19(21(33)34)20(32)30(12)15-4-2-3-13(9-15)22(23,24)25/h2-9,11H,1H3,(H,33,34). The summed E-state index contributed by atoms with van der Waals surface area (Å²) in [5.41, 5.74) is -2.19. The molecule has 0 radical (unpaired) electrons. The molecule has 4 rings (SSSR count). The zero-order valence-electron chi connectivity index (χ0n) is 17.3. The summed E-state index contributed by atoms with van der Waals surface area (Å²) in [6.45, 7) is 1.43. The number of aromatic carboxylic acids is 1. The van der Waals surface area contributed by atoms with E-state index in [-0.39, 0.29) is 28.5 Å². The van der Waals surface area contributed by atoms with Gasteiger partial charge < -0.3 is 5.11 Å². The minimum absolute atomic E-state index is 0.0104. The van der Waals surface area contributed by atoms with Gasteiger partial charge in [0, 0.05) is 5.69 Å². The number of carboxylic acid groups (broad SMARTS) is 1. The van der Waals surface area contributed by atoms with E-state index in [4.69, 9.17) is 5.26 Å². The number of nitriles is 1. The van der Waals surface area contributed by atoms with Crippen molar-refractivity contribution in [1.29, 1.82) is 5.26 Å². The van der Waals surface area contributed by atoms with Gasteiger partial charge in [-0.15, -0.1) is 0 Å². The molecule has 0 saturated carbocycles. The number of hydrogen-bond donors (Lipinski definition) is 1. The van der Waals surface area contributed by atoms with Crippen molar-refractivity contribution < 1.29 is 23.1 Å². The van der Waals surface area contributed by atoms with Crippen molar-refractivity contribution in [1.82, 2.24) is 24.3 Å². The first-order valence-corrected chi connectivity index (χ1v) is 9.57. The normalized spacial score (nSPS) is 11.3. The van der Waals surface area contributed by atoms with Crippen molar-refractivity contribution in [3.8, 4) is 28.8 Å². The van der Waals surface area contributed by atoms with Crippen LogP contribution in [-0.4, -0.2) is 35.4 Å². The topological polar surface area (TPSA) is 127 Å². The van der Waals surface area contributed by atoms with Gasteiger partial charge in [-0.3, -0.25) is 9.36 Å². The fraction of sp³-hybridized carbons (Fsp3) is 0.0909. The molecule has 0 aliphatic carbocycles. The van der Waals surface area contributed by atoms with Crippen LogP contribution in [-0.2, 0) is 6.18 Å². The average Bonchev–Trinajstić information content (AvgIpc) is 3.28. The maximum Gasteiger partial charge on any atom is 0.416 e. The van der Waals surface area contributed by atoms with Gasteiger partial charge in [-0.2, -0.15) is 23.5 Å². The lowest BCUT2D eigenvalue weighted by Crippen LogP contribution is -2.30. The van der Waals surface area contributed by atoms with Crippen LogP contribution >= 0.6 is 0 Å². The molecule has 9 nitrogen and oxygen atoms in total. The third kappa shape index (κ3) is 3.90. The summed E-state index contributed by atoms with van der Waals surface area (Å²) >= 11 is 0. The number of hydrogen-bond acceptors (Lipinski definition) is 6. The molecule has 3 aromatic heterocycles. The molecule has 0 saturated heterocycles. The van der Waals surface area contributed by atoms with Gasteiger partial charge in [0.25, 0.3) is 5.56 Å². The van der Waals surface area contributed by atoms with Crippen LogP contribution in [0.2, 0.25) is 0 Å². The van der Waals surface area contributed by atoms with Crippen LogP contribution in [0.25, 0.3) is 22.8 Å². The number of carboxylic acids is 1. The quantitative estimate of drug-likeness (QED) is 0.489. The third-order valence-electron chi connectivity index (χ3n) is 4.93. The summed E-state index contributed by atoms with van der Waals surface area (Å²) in [6, 6.07) is 10.4. The fourth-order valence-electron chi connectivity index (χ4n) is 3.38. The lowest BCUT2D eigenvalue weighted by atomic mass is 10.1. The first kappa shape index (κ1) is 22.4. The summed E-state index contributed by atoms with van der Waals surface area (Å²) in [4.78, 5) is 32.7. The number of halogens is 3. The smallest absolute Gasteiger partial charge is 0.416 e. The highest BCUT2D eigenvalue weighted by Gasteiger charge is 2.31. The van der Waals surface area contributed by atoms with Gasteiger partial charge in [-0.1, -0.05) is 6.07 Å². The predicted octanol–water partition coefficient (Wildman–Crippen LogP) is 3.38. The summed E-state index contributed by atoms with van der Waals surface area (Å²) in [5.74, 6) is -1.64. The van der Waals surface area contributed by atoms with Crippen LogP contribution in [0.3, 0.4) is 0 Å². The van der Waals surface area contributed by atoms with E-state index >= 15 is 0 Å². The van der Waals surface area contributed by atoms with Crippen molar-refractivity contribution in [2.45, 2.75) is 13.1 Å². The first-order valence-electron chi connectivity index (χ1n) is 9.57. The third-order valence-corrected chi connectivity index (χ3v) is 4.93. The molecule has 0 atom stereocenters. The first-order chi connectivity index (χ1) is 16.1. The van der Waals surface area contributed by atoms with Crippen molar-refractivity contribution >= 4 is 5.97 Å². The number of pyridine rings is 1. The van der Waals surface area contributed by atoms with Gasteiger partial charge in [0.2, 0.25) is 5.69 Å². The molecule has 12 heteroatoms. The van der Waals surface area contributed by atoms with Crippen LogP contribution in [0, 0.1) is 18.3 Å². The van der Waals surface area contributed by atoms with Crippen molar-refractivity contribution in [3.05, 3.63) is 87.9 Å². The van der Waals surface area contributed by atoms with Crippen molar-refractivity contribution in [2.24, 2.45) is 0 Å². The monoisotopic (exact) mass is 466 g/mol. The second-order valence-electron chi connectivity index (χ2n) is 7.03. The van der Waals surface area contributed by atoms with E-state index in [2.05, 4.69) is 15.1 Å². The van der Waals surface area contributed by atoms with Crippen LogP contribution in [0.5, 0.6) is 0 Å². The van der Waals surface area contributed by atoms with Gasteiger partial charge in [0.05, 0.1) is 35.0 Å². The highest BCUT2D eigenvalue weighted by molar-refractivity contribution is 5.86. The number of benzene rings is 1. The number of alkyl halides is 3. The molecule has 0 aliphatic rings. The Labute approximate surface area is 189 Å². The Morgan fingerprint density at radius 2 is 1.91 bits per heavy atom. The largest absolute Gasteiger partial charge is 0.476 e. The molecule has 1 aromatic carbocycles. The number of aromatic nitrogens is 5. The van der Waals surface area contributed by atoms with Gasteiger partial charge in [0.1, 0.15) is 17.5 Å². The zero-order valence-corrected chi connectivity index (χ0v) is 17.3. The van der Waals surface area contributed by atoms with Crippen molar-refractivity contribution in [2.75, 3.05) is 0 Å². The lowest BCUT2D eigenvalue weighted by molar-refractivity contribution is -0.137. The summed E-state index contributed by atoms with van der Waals surface area (Å²) in [5, 5.41) is 22.7. The molecule has 1 N–H and O–H groups in total. The highest BCUT2D eigenvalue weighted by atomic mass is 19.4. The van der Waals surface area contributed by atoms with E-state index in [0.29, 0.717) is 5.69 Å². The van der Waals surface area contributed by atoms with Crippen LogP contribution in [0.15, 0.2) is 59.7 Å². The molecule has 0 unspecified atom stereocenters. The maximum absolute atomic E-state index is 13.3. The minimum Gasteiger partial charge on any atom is -0.476 e. The van der Waals surface area contributed by atoms with Crippen LogP contribution in [0.1, 0.15) is 27.4 Å². The number of nitrogens with zero attached hydrogens (tertiary/aromatic N) is 6. The van der Waals surface area contributed by atoms with E-state index in [1.807, 2.05) is 6.07 Å². The van der Waals surface area contributed by atoms with E-state index in [1.54, 1.807) is 6.07 Å². The Morgan fingerprint density at radius 3 is 2.53 bits per heavy atom. The van der Waals surface area contributed by atoms with E-state index in [9.17, 15) is 27.9 Å². The summed E-state index contributed by atoms with van der Waals surface area (Å²) < 4.78 is 42.0. The second-order valence-corrected chi connectivity index (χ2v) is 7.03. The molecule has 3 heterocycles. The van der Waals surface area contributed by atoms with Crippen LogP contribution in [0.4, 0.5) is 13.2 Å². The van der Waals surface area contributed by atoms with Gasteiger partial charge in [-0.05, 0) is 43.3 Å². The SMILES string of the molecule is Cc1c(-c2ccnn2-c2ccc(C#N)nc2)nc(C(=O)O)c(=O)n1-c1cccc(C(F)(F)F)c1. The minimum atomic E-state index is -4.67. The number of rotatable bonds is 4. The van der Waals surface area contributed by atoms with Gasteiger partial charge >= 0.3 is 12.1 Å². The zero-order chi connectivity index (χ0) is 24.6. The van der Waals surface area contributed by atoms with E-state index in [0.717, 1.165) is 22.8 Å². The summed E-state index contributed by atoms with van der Waals surface area (Å²) in [7, 11) is 0. The maximum atomic E-state index is 13.3. The molecule has 34 heavy (non-hydrogen) atoms. The van der Waals surface area contributed by atoms with E-state index < -0.39 is 29.0 Å². The molecule has 0 fully saturated rings.